The molecule has 4 heteroatoms. The van der Waals surface area contributed by atoms with Gasteiger partial charge in [-0.1, -0.05) is 12.1 Å². The average molecular weight is 222 g/mol. The van der Waals surface area contributed by atoms with Crippen LogP contribution in [0.5, 0.6) is 5.75 Å². The summed E-state index contributed by atoms with van der Waals surface area (Å²) in [7, 11) is 0. The molecule has 1 rings (SSSR count). The van der Waals surface area contributed by atoms with Crippen molar-refractivity contribution < 1.29 is 9.53 Å². The lowest BCUT2D eigenvalue weighted by molar-refractivity contribution is -0.121. The summed E-state index contributed by atoms with van der Waals surface area (Å²) >= 11 is 0. The minimum absolute atomic E-state index is 0.00581. The van der Waals surface area contributed by atoms with Crippen LogP contribution in [0.2, 0.25) is 0 Å². The summed E-state index contributed by atoms with van der Waals surface area (Å²) in [6, 6.07) is 5.61. The van der Waals surface area contributed by atoms with Crippen molar-refractivity contribution in [2.75, 3.05) is 18.9 Å². The number of hydrogen-bond acceptors (Lipinski definition) is 3. The van der Waals surface area contributed by atoms with Gasteiger partial charge in [-0.2, -0.15) is 0 Å². The number of anilines is 1. The van der Waals surface area contributed by atoms with Crippen molar-refractivity contribution in [2.24, 2.45) is 0 Å². The van der Waals surface area contributed by atoms with Gasteiger partial charge in [0.25, 0.3) is 0 Å². The van der Waals surface area contributed by atoms with E-state index in [1.54, 1.807) is 6.07 Å². The maximum Gasteiger partial charge on any atom is 0.223 e. The van der Waals surface area contributed by atoms with Crippen LogP contribution in [-0.4, -0.2) is 19.1 Å². The van der Waals surface area contributed by atoms with Crippen LogP contribution in [0.3, 0.4) is 0 Å². The maximum atomic E-state index is 11.2. The Morgan fingerprint density at radius 1 is 1.50 bits per heavy atom. The molecule has 0 saturated heterocycles. The zero-order chi connectivity index (χ0) is 12.0. The summed E-state index contributed by atoms with van der Waals surface area (Å²) in [6.45, 7) is 4.80. The minimum Gasteiger partial charge on any atom is -0.491 e. The first-order chi connectivity index (χ1) is 7.65. The second kappa shape index (κ2) is 6.00. The van der Waals surface area contributed by atoms with Crippen molar-refractivity contribution >= 4 is 11.6 Å². The standard InChI is InChI=1S/C12H18N2O2/c1-3-14-11(15)7-8-16-10-6-4-5-9(2)12(10)13/h4-6H,3,7-8,13H2,1-2H3,(H,14,15). The highest BCUT2D eigenvalue weighted by Gasteiger charge is 2.04. The summed E-state index contributed by atoms with van der Waals surface area (Å²) in [5, 5.41) is 2.71. The quantitative estimate of drug-likeness (QED) is 0.742. The Labute approximate surface area is 95.8 Å². The molecule has 0 fully saturated rings. The normalized spacial score (nSPS) is 9.88. The van der Waals surface area contributed by atoms with Gasteiger partial charge < -0.3 is 15.8 Å². The van der Waals surface area contributed by atoms with Crippen LogP contribution in [0.15, 0.2) is 18.2 Å². The van der Waals surface area contributed by atoms with Gasteiger partial charge in [-0.25, -0.2) is 0 Å². The van der Waals surface area contributed by atoms with E-state index >= 15 is 0 Å². The first-order valence-electron chi connectivity index (χ1n) is 5.39. The number of aryl methyl sites for hydroxylation is 1. The second-order valence-electron chi connectivity index (χ2n) is 3.54. The van der Waals surface area contributed by atoms with Gasteiger partial charge in [-0.3, -0.25) is 4.79 Å². The molecule has 1 aromatic carbocycles. The van der Waals surface area contributed by atoms with Crippen molar-refractivity contribution in [2.45, 2.75) is 20.3 Å². The number of carbonyl (C=O) groups is 1. The van der Waals surface area contributed by atoms with E-state index in [0.717, 1.165) is 5.56 Å². The Bertz CT molecular complexity index is 364. The molecule has 0 heterocycles. The van der Waals surface area contributed by atoms with Crippen LogP contribution >= 0.6 is 0 Å². The number of benzene rings is 1. The van der Waals surface area contributed by atoms with E-state index in [-0.39, 0.29) is 5.91 Å². The second-order valence-corrected chi connectivity index (χ2v) is 3.54. The van der Waals surface area contributed by atoms with Crippen LogP contribution in [0.4, 0.5) is 5.69 Å². The largest absolute Gasteiger partial charge is 0.491 e. The van der Waals surface area contributed by atoms with Crippen molar-refractivity contribution in [3.63, 3.8) is 0 Å². The fourth-order valence-corrected chi connectivity index (χ4v) is 1.32. The molecule has 0 bridgehead atoms. The average Bonchev–Trinajstić information content (AvgIpc) is 2.25. The van der Waals surface area contributed by atoms with E-state index in [0.29, 0.717) is 31.0 Å². The summed E-state index contributed by atoms with van der Waals surface area (Å²) < 4.78 is 5.45. The number of nitrogens with two attached hydrogens (primary N) is 1. The number of carbonyl (C=O) groups excluding carboxylic acids is 1. The monoisotopic (exact) mass is 222 g/mol. The highest BCUT2D eigenvalue weighted by molar-refractivity contribution is 5.75. The maximum absolute atomic E-state index is 11.2. The van der Waals surface area contributed by atoms with Gasteiger partial charge in [-0.05, 0) is 25.5 Å². The molecule has 3 N–H and O–H groups in total. The number of hydrogen-bond donors (Lipinski definition) is 2. The van der Waals surface area contributed by atoms with Crippen molar-refractivity contribution in [1.29, 1.82) is 0 Å². The van der Waals surface area contributed by atoms with E-state index in [9.17, 15) is 4.79 Å². The number of rotatable bonds is 5. The van der Waals surface area contributed by atoms with E-state index in [2.05, 4.69) is 5.32 Å². The minimum atomic E-state index is -0.00581. The van der Waals surface area contributed by atoms with Gasteiger partial charge in [0.05, 0.1) is 18.7 Å². The van der Waals surface area contributed by atoms with Crippen molar-refractivity contribution in [1.82, 2.24) is 5.32 Å². The Hall–Kier alpha value is -1.71. The zero-order valence-corrected chi connectivity index (χ0v) is 9.75. The number of nitrogen functional groups attached to an aromatic ring is 1. The van der Waals surface area contributed by atoms with Gasteiger partial charge in [0, 0.05) is 6.54 Å². The van der Waals surface area contributed by atoms with Gasteiger partial charge in [0.1, 0.15) is 5.75 Å². The lowest BCUT2D eigenvalue weighted by atomic mass is 10.2. The van der Waals surface area contributed by atoms with Crippen molar-refractivity contribution in [3.8, 4) is 5.75 Å². The fourth-order valence-electron chi connectivity index (χ4n) is 1.32. The molecule has 0 unspecified atom stereocenters. The SMILES string of the molecule is CCNC(=O)CCOc1cccc(C)c1N. The molecular weight excluding hydrogens is 204 g/mol. The Balaban J connectivity index is 2.43. The predicted molar refractivity (Wildman–Crippen MR) is 64.4 cm³/mol. The number of nitrogens with one attached hydrogen (secondary N) is 1. The van der Waals surface area contributed by atoms with Crippen LogP contribution in [-0.2, 0) is 4.79 Å². The van der Waals surface area contributed by atoms with Crippen LogP contribution in [0.25, 0.3) is 0 Å². The molecule has 4 nitrogen and oxygen atoms in total. The third-order valence-electron chi connectivity index (χ3n) is 2.24. The molecule has 0 spiro atoms. The zero-order valence-electron chi connectivity index (χ0n) is 9.75. The van der Waals surface area contributed by atoms with Crippen LogP contribution < -0.4 is 15.8 Å². The summed E-state index contributed by atoms with van der Waals surface area (Å²) in [5.41, 5.74) is 7.45. The topological polar surface area (TPSA) is 64.3 Å². The van der Waals surface area contributed by atoms with E-state index < -0.39 is 0 Å². The molecule has 0 aromatic heterocycles. The summed E-state index contributed by atoms with van der Waals surface area (Å²) in [6.07, 6.45) is 0.348. The highest BCUT2D eigenvalue weighted by atomic mass is 16.5. The van der Waals surface area contributed by atoms with Crippen LogP contribution in [0, 0.1) is 6.92 Å². The molecular formula is C12H18N2O2. The lowest BCUT2D eigenvalue weighted by Gasteiger charge is -2.10. The van der Waals surface area contributed by atoms with E-state index in [1.807, 2.05) is 26.0 Å². The van der Waals surface area contributed by atoms with Gasteiger partial charge in [-0.15, -0.1) is 0 Å². The molecule has 0 aliphatic rings. The number of amides is 1. The van der Waals surface area contributed by atoms with Gasteiger partial charge in [0.2, 0.25) is 5.91 Å². The number of para-hydroxylation sites is 1. The lowest BCUT2D eigenvalue weighted by Crippen LogP contribution is -2.24. The number of ether oxygens (including phenoxy) is 1. The molecule has 16 heavy (non-hydrogen) atoms. The molecule has 1 aromatic rings. The summed E-state index contributed by atoms with van der Waals surface area (Å²) in [5.74, 6) is 0.637. The summed E-state index contributed by atoms with van der Waals surface area (Å²) in [4.78, 5) is 11.2. The smallest absolute Gasteiger partial charge is 0.223 e. The Kier molecular flexibility index (Phi) is 4.64. The molecule has 1 amide bonds. The van der Waals surface area contributed by atoms with Gasteiger partial charge in [0.15, 0.2) is 0 Å². The molecule has 88 valence electrons. The first kappa shape index (κ1) is 12.4. The fraction of sp³-hybridized carbons (Fsp3) is 0.417. The Morgan fingerprint density at radius 2 is 2.25 bits per heavy atom. The third kappa shape index (κ3) is 3.46. The third-order valence-corrected chi connectivity index (χ3v) is 2.24. The predicted octanol–water partition coefficient (Wildman–Crippen LogP) is 1.48. The van der Waals surface area contributed by atoms with Crippen molar-refractivity contribution in [3.05, 3.63) is 23.8 Å². The van der Waals surface area contributed by atoms with E-state index in [1.165, 1.54) is 0 Å². The molecule has 0 atom stereocenters. The molecule has 0 aliphatic heterocycles. The molecule has 0 saturated carbocycles. The van der Waals surface area contributed by atoms with Crippen LogP contribution in [0.1, 0.15) is 18.9 Å². The highest BCUT2D eigenvalue weighted by Crippen LogP contribution is 2.24. The Morgan fingerprint density at radius 3 is 2.94 bits per heavy atom. The molecule has 0 radical (unpaired) electrons. The molecule has 0 aliphatic carbocycles. The van der Waals surface area contributed by atoms with Gasteiger partial charge >= 0.3 is 0 Å². The van der Waals surface area contributed by atoms with E-state index in [4.69, 9.17) is 10.5 Å². The first-order valence-corrected chi connectivity index (χ1v) is 5.39.